The van der Waals surface area contributed by atoms with Crippen molar-refractivity contribution in [3.05, 3.63) is 52.3 Å². The Kier molecular flexibility index (Phi) is 6.58. The number of esters is 1. The van der Waals surface area contributed by atoms with Crippen molar-refractivity contribution in [1.82, 2.24) is 4.98 Å². The lowest BCUT2D eigenvalue weighted by Gasteiger charge is -2.14. The third-order valence-corrected chi connectivity index (χ3v) is 4.30. The molecule has 0 amide bonds. The standard InChI is InChI=1S/C20H26N2O4/c1-6-26-20(24)18-13(2)19(21-14(18)3)17(23)12-22(4)11-15-8-7-9-16(10-15)25-5/h7-10,21H,6,11-12H2,1-5H3/p+1. The van der Waals surface area contributed by atoms with E-state index in [0.717, 1.165) is 16.2 Å². The van der Waals surface area contributed by atoms with Gasteiger partial charge >= 0.3 is 5.97 Å². The largest absolute Gasteiger partial charge is 0.497 e. The Bertz CT molecular complexity index is 795. The zero-order valence-corrected chi connectivity index (χ0v) is 16.1. The van der Waals surface area contributed by atoms with Crippen LogP contribution in [0.5, 0.6) is 5.75 Å². The smallest absolute Gasteiger partial charge is 0.340 e. The predicted octanol–water partition coefficient (Wildman–Crippen LogP) is 1.71. The first-order chi connectivity index (χ1) is 12.4. The van der Waals surface area contributed by atoms with Gasteiger partial charge < -0.3 is 19.4 Å². The van der Waals surface area contributed by atoms with Crippen LogP contribution in [0.3, 0.4) is 0 Å². The lowest BCUT2D eigenvalue weighted by molar-refractivity contribution is -0.884. The summed E-state index contributed by atoms with van der Waals surface area (Å²) >= 11 is 0. The number of quaternary nitrogens is 1. The molecule has 0 saturated carbocycles. The number of aromatic amines is 1. The fourth-order valence-corrected chi connectivity index (χ4v) is 3.09. The van der Waals surface area contributed by atoms with Gasteiger partial charge in [-0.1, -0.05) is 12.1 Å². The van der Waals surface area contributed by atoms with E-state index in [1.807, 2.05) is 31.3 Å². The van der Waals surface area contributed by atoms with E-state index in [-0.39, 0.29) is 5.78 Å². The van der Waals surface area contributed by atoms with Gasteiger partial charge in [-0.2, -0.15) is 0 Å². The molecule has 0 aliphatic rings. The van der Waals surface area contributed by atoms with Crippen molar-refractivity contribution in [2.75, 3.05) is 27.3 Å². The van der Waals surface area contributed by atoms with Crippen LogP contribution in [-0.4, -0.2) is 44.0 Å². The van der Waals surface area contributed by atoms with Crippen LogP contribution in [0.25, 0.3) is 0 Å². The molecule has 6 nitrogen and oxygen atoms in total. The molecule has 1 aromatic heterocycles. The summed E-state index contributed by atoms with van der Waals surface area (Å²) in [6, 6.07) is 7.82. The third-order valence-electron chi connectivity index (χ3n) is 4.30. The molecule has 0 saturated heterocycles. The number of carbonyl (C=O) groups excluding carboxylic acids is 2. The van der Waals surface area contributed by atoms with Gasteiger partial charge in [-0.25, -0.2) is 4.79 Å². The molecule has 0 aliphatic heterocycles. The van der Waals surface area contributed by atoms with Crippen LogP contribution in [0.1, 0.15) is 44.6 Å². The summed E-state index contributed by atoms with van der Waals surface area (Å²) in [5, 5.41) is 0. The summed E-state index contributed by atoms with van der Waals surface area (Å²) in [6.07, 6.45) is 0. The highest BCUT2D eigenvalue weighted by atomic mass is 16.5. The highest BCUT2D eigenvalue weighted by molar-refractivity contribution is 6.01. The number of ketones is 1. The Labute approximate surface area is 154 Å². The van der Waals surface area contributed by atoms with E-state index in [1.165, 1.54) is 0 Å². The fraction of sp³-hybridized carbons (Fsp3) is 0.400. The van der Waals surface area contributed by atoms with Gasteiger partial charge in [-0.3, -0.25) is 4.79 Å². The first-order valence-electron chi connectivity index (χ1n) is 8.71. The maximum absolute atomic E-state index is 12.7. The number of hydrogen-bond acceptors (Lipinski definition) is 4. The van der Waals surface area contributed by atoms with Gasteiger partial charge in [0.25, 0.3) is 0 Å². The second-order valence-electron chi connectivity index (χ2n) is 6.43. The second kappa shape index (κ2) is 8.67. The molecular formula is C20H27N2O4+. The van der Waals surface area contributed by atoms with E-state index in [2.05, 4.69) is 4.98 Å². The molecule has 140 valence electrons. The number of nitrogens with one attached hydrogen (secondary N) is 2. The fourth-order valence-electron chi connectivity index (χ4n) is 3.09. The summed E-state index contributed by atoms with van der Waals surface area (Å²) in [5.74, 6) is 0.382. The third kappa shape index (κ3) is 4.52. The maximum atomic E-state index is 12.7. The molecule has 26 heavy (non-hydrogen) atoms. The van der Waals surface area contributed by atoms with E-state index < -0.39 is 5.97 Å². The molecule has 2 N–H and O–H groups in total. The number of rotatable bonds is 8. The van der Waals surface area contributed by atoms with Gasteiger partial charge in [-0.15, -0.1) is 0 Å². The van der Waals surface area contributed by atoms with E-state index in [1.54, 1.807) is 27.9 Å². The Morgan fingerprint density at radius 3 is 2.62 bits per heavy atom. The van der Waals surface area contributed by atoms with Crippen LogP contribution < -0.4 is 9.64 Å². The number of benzene rings is 1. The van der Waals surface area contributed by atoms with Crippen LogP contribution in [0.4, 0.5) is 0 Å². The number of aryl methyl sites for hydroxylation is 1. The summed E-state index contributed by atoms with van der Waals surface area (Å²) in [6.45, 7) is 6.65. The van der Waals surface area contributed by atoms with Crippen LogP contribution in [0, 0.1) is 13.8 Å². The van der Waals surface area contributed by atoms with Crippen molar-refractivity contribution in [3.8, 4) is 5.75 Å². The Morgan fingerprint density at radius 2 is 1.96 bits per heavy atom. The van der Waals surface area contributed by atoms with Crippen molar-refractivity contribution < 1.29 is 24.0 Å². The van der Waals surface area contributed by atoms with Gasteiger partial charge in [0.1, 0.15) is 18.8 Å². The van der Waals surface area contributed by atoms with Crippen LogP contribution in [0.2, 0.25) is 0 Å². The predicted molar refractivity (Wildman–Crippen MR) is 99.0 cm³/mol. The van der Waals surface area contributed by atoms with Crippen molar-refractivity contribution in [2.45, 2.75) is 27.3 Å². The molecule has 1 unspecified atom stereocenters. The number of hydrogen-bond donors (Lipinski definition) is 2. The molecule has 1 heterocycles. The van der Waals surface area contributed by atoms with Crippen LogP contribution in [0.15, 0.2) is 24.3 Å². The number of H-pyrrole nitrogens is 1. The SMILES string of the molecule is CCOC(=O)c1c(C)[nH]c(C(=O)C[NH+](C)Cc2cccc(OC)c2)c1C. The van der Waals surface area contributed by atoms with E-state index in [9.17, 15) is 9.59 Å². The van der Waals surface area contributed by atoms with Crippen LogP contribution in [-0.2, 0) is 11.3 Å². The van der Waals surface area contributed by atoms with Gasteiger partial charge in [0.15, 0.2) is 0 Å². The molecule has 0 radical (unpaired) electrons. The first kappa shape index (κ1) is 19.7. The minimum atomic E-state index is -0.394. The first-order valence-corrected chi connectivity index (χ1v) is 8.71. The minimum absolute atomic E-state index is 0.0263. The van der Waals surface area contributed by atoms with Gasteiger partial charge in [0, 0.05) is 11.3 Å². The molecule has 1 atom stereocenters. The topological polar surface area (TPSA) is 72.8 Å². The average molecular weight is 359 g/mol. The number of likely N-dealkylation sites (N-methyl/N-ethyl adjacent to an activating group) is 1. The Hall–Kier alpha value is -2.60. The van der Waals surface area contributed by atoms with E-state index >= 15 is 0 Å². The van der Waals surface area contributed by atoms with Gasteiger partial charge in [-0.05, 0) is 38.5 Å². The molecule has 1 aromatic carbocycles. The van der Waals surface area contributed by atoms with E-state index in [0.29, 0.717) is 42.2 Å². The normalized spacial score (nSPS) is 11.9. The minimum Gasteiger partial charge on any atom is -0.497 e. The zero-order chi connectivity index (χ0) is 19.3. The lowest BCUT2D eigenvalue weighted by Crippen LogP contribution is -3.08. The molecule has 6 heteroatoms. The van der Waals surface area contributed by atoms with Crippen LogP contribution >= 0.6 is 0 Å². The molecule has 0 spiro atoms. The van der Waals surface area contributed by atoms with Crippen molar-refractivity contribution in [1.29, 1.82) is 0 Å². The Morgan fingerprint density at radius 1 is 1.23 bits per heavy atom. The second-order valence-corrected chi connectivity index (χ2v) is 6.43. The zero-order valence-electron chi connectivity index (χ0n) is 16.1. The average Bonchev–Trinajstić information content (AvgIpc) is 2.89. The lowest BCUT2D eigenvalue weighted by atomic mass is 10.1. The summed E-state index contributed by atoms with van der Waals surface area (Å²) < 4.78 is 10.3. The molecular weight excluding hydrogens is 332 g/mol. The highest BCUT2D eigenvalue weighted by Crippen LogP contribution is 2.19. The number of methoxy groups -OCH3 is 1. The monoisotopic (exact) mass is 359 g/mol. The van der Waals surface area contributed by atoms with Crippen molar-refractivity contribution in [2.24, 2.45) is 0 Å². The maximum Gasteiger partial charge on any atom is 0.340 e. The number of Topliss-reactive ketones (excluding diaryl/α,β-unsaturated/α-hetero) is 1. The van der Waals surface area contributed by atoms with Gasteiger partial charge in [0.05, 0.1) is 32.0 Å². The number of aromatic nitrogens is 1. The summed E-state index contributed by atoms with van der Waals surface area (Å²) in [7, 11) is 3.60. The molecule has 0 fully saturated rings. The molecule has 2 aromatic rings. The highest BCUT2D eigenvalue weighted by Gasteiger charge is 2.24. The van der Waals surface area contributed by atoms with Crippen molar-refractivity contribution in [3.63, 3.8) is 0 Å². The van der Waals surface area contributed by atoms with E-state index in [4.69, 9.17) is 9.47 Å². The van der Waals surface area contributed by atoms with Gasteiger partial charge in [0.2, 0.25) is 5.78 Å². The number of carbonyl (C=O) groups is 2. The van der Waals surface area contributed by atoms with Crippen molar-refractivity contribution >= 4 is 11.8 Å². The number of ether oxygens (including phenoxy) is 2. The molecule has 0 aliphatic carbocycles. The molecule has 2 rings (SSSR count). The molecule has 0 bridgehead atoms. The Balaban J connectivity index is 2.09. The quantitative estimate of drug-likeness (QED) is 0.556. The summed E-state index contributed by atoms with van der Waals surface area (Å²) in [5.41, 5.74) is 3.35. The summed E-state index contributed by atoms with van der Waals surface area (Å²) in [4.78, 5) is 28.9.